The van der Waals surface area contributed by atoms with Crippen LogP contribution >= 0.6 is 0 Å². The molecule has 114 valence electrons. The fourth-order valence-electron chi connectivity index (χ4n) is 1.81. The lowest BCUT2D eigenvalue weighted by Gasteiger charge is -2.26. The van der Waals surface area contributed by atoms with Gasteiger partial charge in [-0.1, -0.05) is 18.2 Å². The molecular formula is C15H17F3N2O. The molecule has 1 aromatic carbocycles. The Balaban J connectivity index is 3.02. The van der Waals surface area contributed by atoms with Crippen molar-refractivity contribution in [3.63, 3.8) is 0 Å². The van der Waals surface area contributed by atoms with E-state index in [4.69, 9.17) is 5.26 Å². The van der Waals surface area contributed by atoms with Crippen LogP contribution in [0.1, 0.15) is 38.3 Å². The largest absolute Gasteiger partial charge is 0.416 e. The van der Waals surface area contributed by atoms with Crippen LogP contribution in [0.4, 0.5) is 13.2 Å². The van der Waals surface area contributed by atoms with E-state index in [9.17, 15) is 18.0 Å². The van der Waals surface area contributed by atoms with Crippen molar-refractivity contribution in [2.75, 3.05) is 0 Å². The minimum absolute atomic E-state index is 0.143. The van der Waals surface area contributed by atoms with Crippen molar-refractivity contribution in [1.82, 2.24) is 5.32 Å². The van der Waals surface area contributed by atoms with E-state index in [1.165, 1.54) is 12.1 Å². The lowest BCUT2D eigenvalue weighted by molar-refractivity contribution is -0.138. The third kappa shape index (κ3) is 4.22. The molecule has 6 heteroatoms. The van der Waals surface area contributed by atoms with Crippen LogP contribution in [0.5, 0.6) is 0 Å². The van der Waals surface area contributed by atoms with Gasteiger partial charge in [-0.2, -0.15) is 18.4 Å². The minimum atomic E-state index is -4.45. The molecule has 1 amide bonds. The number of nitrogens with one attached hydrogen (secondary N) is 1. The van der Waals surface area contributed by atoms with Crippen molar-refractivity contribution in [3.8, 4) is 6.07 Å². The molecule has 0 aliphatic rings. The van der Waals surface area contributed by atoms with Crippen LogP contribution in [-0.2, 0) is 16.4 Å². The SMILES string of the molecule is C[C@H](CC#N)NC(=O)C(C)(C)c1cccc(C(F)(F)F)c1. The van der Waals surface area contributed by atoms with Crippen molar-refractivity contribution in [3.05, 3.63) is 35.4 Å². The number of amides is 1. The molecule has 0 aliphatic heterocycles. The third-order valence-corrected chi connectivity index (χ3v) is 3.25. The molecule has 0 saturated heterocycles. The summed E-state index contributed by atoms with van der Waals surface area (Å²) in [7, 11) is 0. The zero-order valence-corrected chi connectivity index (χ0v) is 12.1. The van der Waals surface area contributed by atoms with Gasteiger partial charge in [0.25, 0.3) is 0 Å². The first kappa shape index (κ1) is 17.0. The van der Waals surface area contributed by atoms with Gasteiger partial charge in [-0.05, 0) is 32.4 Å². The molecule has 0 spiro atoms. The second-order valence-electron chi connectivity index (χ2n) is 5.44. The molecule has 0 heterocycles. The fourth-order valence-corrected chi connectivity index (χ4v) is 1.81. The third-order valence-electron chi connectivity index (χ3n) is 3.25. The molecule has 0 aromatic heterocycles. The molecule has 0 saturated carbocycles. The highest BCUT2D eigenvalue weighted by atomic mass is 19.4. The van der Waals surface area contributed by atoms with Gasteiger partial charge in [0.1, 0.15) is 0 Å². The summed E-state index contributed by atoms with van der Waals surface area (Å²) < 4.78 is 38.2. The summed E-state index contributed by atoms with van der Waals surface area (Å²) in [4.78, 5) is 12.2. The van der Waals surface area contributed by atoms with Gasteiger partial charge in [0.05, 0.1) is 23.5 Å². The van der Waals surface area contributed by atoms with E-state index in [-0.39, 0.29) is 18.0 Å². The molecule has 1 N–H and O–H groups in total. The lowest BCUT2D eigenvalue weighted by atomic mass is 9.82. The highest BCUT2D eigenvalue weighted by molar-refractivity contribution is 5.87. The van der Waals surface area contributed by atoms with Crippen LogP contribution in [0.2, 0.25) is 0 Å². The number of hydrogen-bond acceptors (Lipinski definition) is 2. The Morgan fingerprint density at radius 3 is 2.43 bits per heavy atom. The van der Waals surface area contributed by atoms with Gasteiger partial charge in [0, 0.05) is 6.04 Å². The minimum Gasteiger partial charge on any atom is -0.352 e. The zero-order chi connectivity index (χ0) is 16.3. The van der Waals surface area contributed by atoms with E-state index in [0.29, 0.717) is 0 Å². The number of benzene rings is 1. The van der Waals surface area contributed by atoms with Gasteiger partial charge in [-0.25, -0.2) is 0 Å². The number of nitriles is 1. The Hall–Kier alpha value is -2.03. The van der Waals surface area contributed by atoms with Crippen LogP contribution in [0.3, 0.4) is 0 Å². The summed E-state index contributed by atoms with van der Waals surface area (Å²) in [6, 6.07) is 6.30. The number of carbonyl (C=O) groups excluding carboxylic acids is 1. The summed E-state index contributed by atoms with van der Waals surface area (Å²) in [5.41, 5.74) is -1.63. The van der Waals surface area contributed by atoms with Crippen LogP contribution in [0.15, 0.2) is 24.3 Å². The molecule has 0 aliphatic carbocycles. The summed E-state index contributed by atoms with van der Waals surface area (Å²) >= 11 is 0. The second kappa shape index (κ2) is 6.17. The van der Waals surface area contributed by atoms with E-state index in [1.807, 2.05) is 6.07 Å². The number of rotatable bonds is 4. The molecule has 1 aromatic rings. The van der Waals surface area contributed by atoms with E-state index in [2.05, 4.69) is 5.32 Å². The van der Waals surface area contributed by atoms with Crippen molar-refractivity contribution < 1.29 is 18.0 Å². The Morgan fingerprint density at radius 1 is 1.33 bits per heavy atom. The Bertz CT molecular complexity index is 559. The van der Waals surface area contributed by atoms with Crippen molar-refractivity contribution in [1.29, 1.82) is 5.26 Å². The standard InChI is InChI=1S/C15H17F3N2O/c1-10(7-8-19)20-13(21)14(2,3)11-5-4-6-12(9-11)15(16,17)18/h4-6,9-10H,7H2,1-3H3,(H,20,21)/t10-/m1/s1. The van der Waals surface area contributed by atoms with Crippen LogP contribution in [0.25, 0.3) is 0 Å². The van der Waals surface area contributed by atoms with Crippen molar-refractivity contribution in [2.24, 2.45) is 0 Å². The number of halogens is 3. The van der Waals surface area contributed by atoms with Gasteiger partial charge >= 0.3 is 6.18 Å². The normalized spacial score (nSPS) is 13.4. The van der Waals surface area contributed by atoms with Crippen molar-refractivity contribution in [2.45, 2.75) is 44.8 Å². The smallest absolute Gasteiger partial charge is 0.352 e. The molecule has 0 radical (unpaired) electrons. The first-order valence-electron chi connectivity index (χ1n) is 6.44. The average molecular weight is 298 g/mol. The molecule has 0 unspecified atom stereocenters. The fraction of sp³-hybridized carbons (Fsp3) is 0.467. The van der Waals surface area contributed by atoms with Gasteiger partial charge < -0.3 is 5.32 Å². The van der Waals surface area contributed by atoms with Crippen LogP contribution < -0.4 is 5.32 Å². The number of nitrogens with zero attached hydrogens (tertiary/aromatic N) is 1. The topological polar surface area (TPSA) is 52.9 Å². The number of alkyl halides is 3. The highest BCUT2D eigenvalue weighted by Crippen LogP contribution is 2.32. The monoisotopic (exact) mass is 298 g/mol. The highest BCUT2D eigenvalue weighted by Gasteiger charge is 2.35. The maximum Gasteiger partial charge on any atom is 0.416 e. The Kier molecular flexibility index (Phi) is 5.00. The predicted molar refractivity (Wildman–Crippen MR) is 72.3 cm³/mol. The number of hydrogen-bond donors (Lipinski definition) is 1. The van der Waals surface area contributed by atoms with Crippen molar-refractivity contribution >= 4 is 5.91 Å². The maximum absolute atomic E-state index is 12.7. The van der Waals surface area contributed by atoms with Gasteiger partial charge in [-0.15, -0.1) is 0 Å². The van der Waals surface area contributed by atoms with Gasteiger partial charge in [-0.3, -0.25) is 4.79 Å². The Morgan fingerprint density at radius 2 is 1.90 bits per heavy atom. The second-order valence-corrected chi connectivity index (χ2v) is 5.44. The van der Waals surface area contributed by atoms with E-state index in [1.54, 1.807) is 20.8 Å². The summed E-state index contributed by atoms with van der Waals surface area (Å²) in [5.74, 6) is -0.412. The first-order chi connectivity index (χ1) is 9.59. The molecule has 3 nitrogen and oxygen atoms in total. The van der Waals surface area contributed by atoms with E-state index >= 15 is 0 Å². The van der Waals surface area contributed by atoms with E-state index in [0.717, 1.165) is 12.1 Å². The average Bonchev–Trinajstić information content (AvgIpc) is 2.38. The lowest BCUT2D eigenvalue weighted by Crippen LogP contribution is -2.44. The maximum atomic E-state index is 12.7. The molecule has 1 atom stereocenters. The van der Waals surface area contributed by atoms with Gasteiger partial charge in [0.15, 0.2) is 0 Å². The molecule has 0 bridgehead atoms. The zero-order valence-electron chi connectivity index (χ0n) is 12.1. The summed E-state index contributed by atoms with van der Waals surface area (Å²) in [6.07, 6.45) is -4.30. The quantitative estimate of drug-likeness (QED) is 0.926. The van der Waals surface area contributed by atoms with Gasteiger partial charge in [0.2, 0.25) is 5.91 Å². The molecule has 21 heavy (non-hydrogen) atoms. The first-order valence-corrected chi connectivity index (χ1v) is 6.44. The number of carbonyl (C=O) groups is 1. The van der Waals surface area contributed by atoms with Crippen LogP contribution in [0, 0.1) is 11.3 Å². The Labute approximate surface area is 121 Å². The summed E-state index contributed by atoms with van der Waals surface area (Å²) in [5, 5.41) is 11.2. The molecular weight excluding hydrogens is 281 g/mol. The predicted octanol–water partition coefficient (Wildman–Crippen LogP) is 3.40. The van der Waals surface area contributed by atoms with Crippen LogP contribution in [-0.4, -0.2) is 11.9 Å². The molecule has 1 rings (SSSR count). The van der Waals surface area contributed by atoms with E-state index < -0.39 is 23.1 Å². The summed E-state index contributed by atoms with van der Waals surface area (Å²) in [6.45, 7) is 4.77. The molecule has 0 fully saturated rings.